The molecule has 2 aromatic rings. The molecule has 1 aliphatic rings. The quantitative estimate of drug-likeness (QED) is 0.932. The molecule has 1 N–H and O–H groups in total. The van der Waals surface area contributed by atoms with Gasteiger partial charge in [-0.1, -0.05) is 30.3 Å². The van der Waals surface area contributed by atoms with Crippen molar-refractivity contribution in [3.8, 4) is 0 Å². The second-order valence-corrected chi connectivity index (χ2v) is 5.65. The molecule has 3 rings (SSSR count). The summed E-state index contributed by atoms with van der Waals surface area (Å²) in [5.74, 6) is -0.871. The first-order valence-corrected chi connectivity index (χ1v) is 7.32. The maximum Gasteiger partial charge on any atom is 0.335 e. The van der Waals surface area contributed by atoms with Gasteiger partial charge in [0.05, 0.1) is 5.56 Å². The molecular formula is C18H19NO2. The number of rotatable bonds is 3. The van der Waals surface area contributed by atoms with Crippen molar-refractivity contribution >= 4 is 11.7 Å². The van der Waals surface area contributed by atoms with Gasteiger partial charge in [-0.3, -0.25) is 0 Å². The van der Waals surface area contributed by atoms with Crippen molar-refractivity contribution in [3.05, 3.63) is 65.2 Å². The van der Waals surface area contributed by atoms with E-state index in [0.717, 1.165) is 24.9 Å². The van der Waals surface area contributed by atoms with Gasteiger partial charge in [-0.2, -0.15) is 0 Å². The van der Waals surface area contributed by atoms with E-state index in [1.807, 2.05) is 12.1 Å². The minimum Gasteiger partial charge on any atom is -0.478 e. The smallest absolute Gasteiger partial charge is 0.335 e. The summed E-state index contributed by atoms with van der Waals surface area (Å²) in [6.45, 7) is 2.98. The van der Waals surface area contributed by atoms with Gasteiger partial charge < -0.3 is 10.0 Å². The number of aryl methyl sites for hydroxylation is 1. The third kappa shape index (κ3) is 2.77. The summed E-state index contributed by atoms with van der Waals surface area (Å²) in [6.07, 6.45) is 2.25. The van der Waals surface area contributed by atoms with E-state index in [-0.39, 0.29) is 0 Å². The highest BCUT2D eigenvalue weighted by atomic mass is 16.4. The number of carbonyl (C=O) groups is 1. The standard InChI is InChI=1S/C18H19NO2/c1-13-9-10-15-6-2-3-8-17(15)19(13)12-14-5-4-7-16(11-14)18(20)21/h2-8,11,13H,9-10,12H2,1H3,(H,20,21). The minimum atomic E-state index is -0.871. The van der Waals surface area contributed by atoms with Gasteiger partial charge >= 0.3 is 5.97 Å². The molecule has 1 aliphatic heterocycles. The zero-order valence-corrected chi connectivity index (χ0v) is 12.1. The number of carboxylic acid groups (broad SMARTS) is 1. The Bertz CT molecular complexity index is 666. The van der Waals surface area contributed by atoms with Crippen molar-refractivity contribution in [2.24, 2.45) is 0 Å². The molecule has 0 aliphatic carbocycles. The molecule has 0 saturated carbocycles. The Hall–Kier alpha value is -2.29. The molecule has 1 heterocycles. The fourth-order valence-electron chi connectivity index (χ4n) is 3.00. The van der Waals surface area contributed by atoms with E-state index in [9.17, 15) is 4.79 Å². The molecule has 0 saturated heterocycles. The van der Waals surface area contributed by atoms with Crippen LogP contribution in [0.5, 0.6) is 0 Å². The number of aromatic carboxylic acids is 1. The first-order chi connectivity index (χ1) is 10.1. The first-order valence-electron chi connectivity index (χ1n) is 7.32. The Morgan fingerprint density at radius 3 is 2.86 bits per heavy atom. The van der Waals surface area contributed by atoms with Gasteiger partial charge in [0.25, 0.3) is 0 Å². The van der Waals surface area contributed by atoms with Crippen LogP contribution < -0.4 is 4.90 Å². The molecule has 0 fully saturated rings. The number of carboxylic acids is 1. The van der Waals surface area contributed by atoms with Crippen LogP contribution in [0.3, 0.4) is 0 Å². The Morgan fingerprint density at radius 2 is 2.05 bits per heavy atom. The van der Waals surface area contributed by atoms with Crippen LogP contribution in [0.2, 0.25) is 0 Å². The zero-order valence-electron chi connectivity index (χ0n) is 12.1. The molecule has 0 bridgehead atoms. The van der Waals surface area contributed by atoms with E-state index in [1.54, 1.807) is 12.1 Å². The molecule has 0 aromatic heterocycles. The van der Waals surface area contributed by atoms with E-state index in [1.165, 1.54) is 11.3 Å². The van der Waals surface area contributed by atoms with E-state index < -0.39 is 5.97 Å². The average Bonchev–Trinajstić information content (AvgIpc) is 2.50. The molecule has 0 radical (unpaired) electrons. The number of hydrogen-bond acceptors (Lipinski definition) is 2. The summed E-state index contributed by atoms with van der Waals surface area (Å²) in [7, 11) is 0. The predicted octanol–water partition coefficient (Wildman–Crippen LogP) is 3.73. The summed E-state index contributed by atoms with van der Waals surface area (Å²) in [6, 6.07) is 16.2. The van der Waals surface area contributed by atoms with Crippen LogP contribution >= 0.6 is 0 Å². The van der Waals surface area contributed by atoms with Crippen molar-refractivity contribution in [1.82, 2.24) is 0 Å². The maximum absolute atomic E-state index is 11.1. The molecule has 108 valence electrons. The second kappa shape index (κ2) is 5.60. The van der Waals surface area contributed by atoms with Gasteiger partial charge in [-0.05, 0) is 49.1 Å². The number of hydrogen-bond donors (Lipinski definition) is 1. The van der Waals surface area contributed by atoms with Crippen LogP contribution in [0, 0.1) is 0 Å². The van der Waals surface area contributed by atoms with E-state index in [0.29, 0.717) is 11.6 Å². The van der Waals surface area contributed by atoms with E-state index in [4.69, 9.17) is 5.11 Å². The van der Waals surface area contributed by atoms with Crippen LogP contribution in [0.1, 0.15) is 34.8 Å². The van der Waals surface area contributed by atoms with Crippen molar-refractivity contribution in [2.75, 3.05) is 4.90 Å². The maximum atomic E-state index is 11.1. The minimum absolute atomic E-state index is 0.352. The highest BCUT2D eigenvalue weighted by Gasteiger charge is 2.22. The van der Waals surface area contributed by atoms with Crippen molar-refractivity contribution < 1.29 is 9.90 Å². The summed E-state index contributed by atoms with van der Waals surface area (Å²) in [4.78, 5) is 13.5. The predicted molar refractivity (Wildman–Crippen MR) is 83.8 cm³/mol. The molecular weight excluding hydrogens is 262 g/mol. The lowest BCUT2D eigenvalue weighted by Gasteiger charge is -2.37. The van der Waals surface area contributed by atoms with Crippen LogP contribution in [-0.4, -0.2) is 17.1 Å². The summed E-state index contributed by atoms with van der Waals surface area (Å²) >= 11 is 0. The van der Waals surface area contributed by atoms with Crippen molar-refractivity contribution in [2.45, 2.75) is 32.4 Å². The third-order valence-electron chi connectivity index (χ3n) is 4.19. The molecule has 1 unspecified atom stereocenters. The molecule has 0 amide bonds. The van der Waals surface area contributed by atoms with Gasteiger partial charge in [-0.15, -0.1) is 0 Å². The lowest BCUT2D eigenvalue weighted by Crippen LogP contribution is -2.36. The first kappa shape index (κ1) is 13.7. The number of anilines is 1. The van der Waals surface area contributed by atoms with Gasteiger partial charge in [0.2, 0.25) is 0 Å². The van der Waals surface area contributed by atoms with Crippen LogP contribution in [0.4, 0.5) is 5.69 Å². The van der Waals surface area contributed by atoms with E-state index in [2.05, 4.69) is 36.1 Å². The highest BCUT2D eigenvalue weighted by Crippen LogP contribution is 2.31. The average molecular weight is 281 g/mol. The normalized spacial score (nSPS) is 17.4. The fourth-order valence-corrected chi connectivity index (χ4v) is 3.00. The van der Waals surface area contributed by atoms with Crippen molar-refractivity contribution in [1.29, 1.82) is 0 Å². The Labute approximate surface area is 124 Å². The zero-order chi connectivity index (χ0) is 14.8. The van der Waals surface area contributed by atoms with Gasteiger partial charge in [0.15, 0.2) is 0 Å². The summed E-state index contributed by atoms with van der Waals surface area (Å²) in [5.41, 5.74) is 4.05. The second-order valence-electron chi connectivity index (χ2n) is 5.65. The van der Waals surface area contributed by atoms with Crippen LogP contribution in [0.15, 0.2) is 48.5 Å². The van der Waals surface area contributed by atoms with Crippen LogP contribution in [-0.2, 0) is 13.0 Å². The molecule has 3 nitrogen and oxygen atoms in total. The molecule has 3 heteroatoms. The van der Waals surface area contributed by atoms with Gasteiger partial charge in [-0.25, -0.2) is 4.79 Å². The molecule has 0 spiro atoms. The topological polar surface area (TPSA) is 40.5 Å². The monoisotopic (exact) mass is 281 g/mol. The Kier molecular flexibility index (Phi) is 3.65. The largest absolute Gasteiger partial charge is 0.478 e. The fraction of sp³-hybridized carbons (Fsp3) is 0.278. The van der Waals surface area contributed by atoms with Crippen molar-refractivity contribution in [3.63, 3.8) is 0 Å². The highest BCUT2D eigenvalue weighted by molar-refractivity contribution is 5.87. The number of fused-ring (bicyclic) bond motifs is 1. The lowest BCUT2D eigenvalue weighted by molar-refractivity contribution is 0.0696. The summed E-state index contributed by atoms with van der Waals surface area (Å²) < 4.78 is 0. The molecule has 21 heavy (non-hydrogen) atoms. The Morgan fingerprint density at radius 1 is 1.24 bits per heavy atom. The summed E-state index contributed by atoms with van der Waals surface area (Å²) in [5, 5.41) is 9.11. The van der Waals surface area contributed by atoms with Crippen LogP contribution in [0.25, 0.3) is 0 Å². The molecule has 2 aromatic carbocycles. The number of nitrogens with zero attached hydrogens (tertiary/aromatic N) is 1. The number of para-hydroxylation sites is 1. The van der Waals surface area contributed by atoms with Gasteiger partial charge in [0, 0.05) is 18.3 Å². The molecule has 1 atom stereocenters. The third-order valence-corrected chi connectivity index (χ3v) is 4.19. The number of benzene rings is 2. The van der Waals surface area contributed by atoms with Gasteiger partial charge in [0.1, 0.15) is 0 Å². The lowest BCUT2D eigenvalue weighted by atomic mass is 9.96. The van der Waals surface area contributed by atoms with E-state index >= 15 is 0 Å². The SMILES string of the molecule is CC1CCc2ccccc2N1Cc1cccc(C(=O)O)c1. The Balaban J connectivity index is 1.90.